The maximum absolute atomic E-state index is 11.4. The van der Waals surface area contributed by atoms with Crippen LogP contribution >= 0.6 is 0 Å². The summed E-state index contributed by atoms with van der Waals surface area (Å²) in [4.78, 5) is 11.4. The van der Waals surface area contributed by atoms with E-state index in [1.807, 2.05) is 0 Å². The standard InChI is InChI=1S/C11H16O/c1-7(12)10-8-4-5-9(6-8)11(10,2)3/h4-5,8-10H,6H2,1-3H3/t8-,9+,10+/m1/s1. The lowest BCUT2D eigenvalue weighted by molar-refractivity contribution is -0.124. The highest BCUT2D eigenvalue weighted by molar-refractivity contribution is 5.80. The molecule has 1 nitrogen and oxygen atoms in total. The van der Waals surface area contributed by atoms with Gasteiger partial charge in [0.1, 0.15) is 5.78 Å². The van der Waals surface area contributed by atoms with Crippen LogP contribution in [0, 0.1) is 23.2 Å². The first kappa shape index (κ1) is 8.03. The summed E-state index contributed by atoms with van der Waals surface area (Å²) in [7, 11) is 0. The van der Waals surface area contributed by atoms with Gasteiger partial charge in [-0.25, -0.2) is 0 Å². The minimum Gasteiger partial charge on any atom is -0.300 e. The van der Waals surface area contributed by atoms with Gasteiger partial charge in [-0.15, -0.1) is 0 Å². The molecule has 12 heavy (non-hydrogen) atoms. The molecule has 0 unspecified atom stereocenters. The Morgan fingerprint density at radius 2 is 2.08 bits per heavy atom. The molecule has 0 aliphatic heterocycles. The van der Waals surface area contributed by atoms with Crippen LogP contribution in [0.15, 0.2) is 12.2 Å². The van der Waals surface area contributed by atoms with Gasteiger partial charge in [0.05, 0.1) is 0 Å². The molecule has 2 bridgehead atoms. The fourth-order valence-electron chi connectivity index (χ4n) is 3.13. The van der Waals surface area contributed by atoms with Crippen LogP contribution in [0.4, 0.5) is 0 Å². The molecule has 3 atom stereocenters. The summed E-state index contributed by atoms with van der Waals surface area (Å²) in [5.41, 5.74) is 0.214. The molecule has 0 aromatic carbocycles. The van der Waals surface area contributed by atoms with Crippen molar-refractivity contribution < 1.29 is 4.79 Å². The molecule has 0 aromatic heterocycles. The van der Waals surface area contributed by atoms with E-state index in [9.17, 15) is 4.79 Å². The summed E-state index contributed by atoms with van der Waals surface area (Å²) in [5.74, 6) is 1.85. The van der Waals surface area contributed by atoms with Crippen molar-refractivity contribution >= 4 is 5.78 Å². The predicted molar refractivity (Wildman–Crippen MR) is 48.7 cm³/mol. The molecular weight excluding hydrogens is 148 g/mol. The molecule has 2 aliphatic carbocycles. The van der Waals surface area contributed by atoms with Crippen molar-refractivity contribution in [1.29, 1.82) is 0 Å². The Balaban J connectivity index is 2.36. The highest BCUT2D eigenvalue weighted by atomic mass is 16.1. The fraction of sp³-hybridized carbons (Fsp3) is 0.727. The fourth-order valence-corrected chi connectivity index (χ4v) is 3.13. The van der Waals surface area contributed by atoms with Crippen LogP contribution in [0.2, 0.25) is 0 Å². The molecule has 2 aliphatic rings. The number of ketones is 1. The summed E-state index contributed by atoms with van der Waals surface area (Å²) < 4.78 is 0. The summed E-state index contributed by atoms with van der Waals surface area (Å²) in [5, 5.41) is 0. The molecule has 0 N–H and O–H groups in total. The first-order chi connectivity index (χ1) is 5.53. The number of rotatable bonds is 1. The molecule has 1 saturated carbocycles. The second-order valence-corrected chi connectivity index (χ2v) is 4.80. The Bertz CT molecular complexity index is 250. The summed E-state index contributed by atoms with van der Waals surface area (Å²) in [6.45, 7) is 6.20. The van der Waals surface area contributed by atoms with Gasteiger partial charge in [0.25, 0.3) is 0 Å². The van der Waals surface area contributed by atoms with Crippen molar-refractivity contribution in [2.24, 2.45) is 23.2 Å². The van der Waals surface area contributed by atoms with E-state index < -0.39 is 0 Å². The Hall–Kier alpha value is -0.590. The number of hydrogen-bond acceptors (Lipinski definition) is 1. The predicted octanol–water partition coefficient (Wildman–Crippen LogP) is 2.42. The summed E-state index contributed by atoms with van der Waals surface area (Å²) >= 11 is 0. The monoisotopic (exact) mass is 164 g/mol. The van der Waals surface area contributed by atoms with Crippen LogP contribution in [0.1, 0.15) is 27.2 Å². The zero-order valence-electron chi connectivity index (χ0n) is 8.00. The van der Waals surface area contributed by atoms with Gasteiger partial charge in [-0.3, -0.25) is 4.79 Å². The number of carbonyl (C=O) groups excluding carboxylic acids is 1. The van der Waals surface area contributed by atoms with Gasteiger partial charge in [0.2, 0.25) is 0 Å². The third kappa shape index (κ3) is 0.825. The van der Waals surface area contributed by atoms with Crippen LogP contribution in [-0.4, -0.2) is 5.78 Å². The molecule has 0 spiro atoms. The summed E-state index contributed by atoms with van der Waals surface area (Å²) in [6.07, 6.45) is 5.74. The lowest BCUT2D eigenvalue weighted by Crippen LogP contribution is -2.33. The van der Waals surface area contributed by atoms with Crippen molar-refractivity contribution in [2.75, 3.05) is 0 Å². The highest BCUT2D eigenvalue weighted by Crippen LogP contribution is 2.55. The van der Waals surface area contributed by atoms with Gasteiger partial charge < -0.3 is 0 Å². The number of fused-ring (bicyclic) bond motifs is 2. The van der Waals surface area contributed by atoms with Gasteiger partial charge >= 0.3 is 0 Å². The molecule has 1 heteroatoms. The lowest BCUT2D eigenvalue weighted by atomic mass is 9.70. The van der Waals surface area contributed by atoms with E-state index >= 15 is 0 Å². The van der Waals surface area contributed by atoms with E-state index in [-0.39, 0.29) is 11.3 Å². The van der Waals surface area contributed by atoms with Crippen LogP contribution in [0.25, 0.3) is 0 Å². The molecule has 2 rings (SSSR count). The molecule has 0 heterocycles. The average Bonchev–Trinajstić information content (AvgIpc) is 2.41. The van der Waals surface area contributed by atoms with Crippen molar-refractivity contribution in [3.05, 3.63) is 12.2 Å². The average molecular weight is 164 g/mol. The maximum Gasteiger partial charge on any atom is 0.134 e. The van der Waals surface area contributed by atoms with E-state index in [0.29, 0.717) is 17.6 Å². The van der Waals surface area contributed by atoms with Crippen molar-refractivity contribution in [3.8, 4) is 0 Å². The van der Waals surface area contributed by atoms with E-state index in [2.05, 4.69) is 26.0 Å². The lowest BCUT2D eigenvalue weighted by Gasteiger charge is -2.33. The Morgan fingerprint density at radius 1 is 1.42 bits per heavy atom. The Labute approximate surface area is 73.8 Å². The second-order valence-electron chi connectivity index (χ2n) is 4.80. The first-order valence-electron chi connectivity index (χ1n) is 4.72. The number of Topliss-reactive ketones (excluding diaryl/α,β-unsaturated/α-hetero) is 1. The molecule has 0 aromatic rings. The SMILES string of the molecule is CC(=O)[C@H]1[C@@H]2C=C[C@@H](C2)C1(C)C. The largest absolute Gasteiger partial charge is 0.300 e. The molecule has 1 fully saturated rings. The Morgan fingerprint density at radius 3 is 2.42 bits per heavy atom. The molecule has 66 valence electrons. The van der Waals surface area contributed by atoms with Gasteiger partial charge in [-0.1, -0.05) is 26.0 Å². The normalized spacial score (nSPS) is 42.1. The summed E-state index contributed by atoms with van der Waals surface area (Å²) in [6, 6.07) is 0. The zero-order valence-corrected chi connectivity index (χ0v) is 8.00. The van der Waals surface area contributed by atoms with Crippen molar-refractivity contribution in [1.82, 2.24) is 0 Å². The number of hydrogen-bond donors (Lipinski definition) is 0. The molecule has 0 amide bonds. The van der Waals surface area contributed by atoms with Gasteiger partial charge in [-0.2, -0.15) is 0 Å². The van der Waals surface area contributed by atoms with Crippen LogP contribution in [0.5, 0.6) is 0 Å². The topological polar surface area (TPSA) is 17.1 Å². The molecular formula is C11H16O. The third-order valence-electron chi connectivity index (χ3n) is 3.74. The van der Waals surface area contributed by atoms with E-state index in [4.69, 9.17) is 0 Å². The van der Waals surface area contributed by atoms with Gasteiger partial charge in [0.15, 0.2) is 0 Å². The molecule has 0 radical (unpaired) electrons. The van der Waals surface area contributed by atoms with Crippen LogP contribution in [0.3, 0.4) is 0 Å². The molecule has 0 saturated heterocycles. The minimum absolute atomic E-state index is 0.214. The number of allylic oxidation sites excluding steroid dienone is 2. The van der Waals surface area contributed by atoms with Crippen molar-refractivity contribution in [3.63, 3.8) is 0 Å². The highest BCUT2D eigenvalue weighted by Gasteiger charge is 2.51. The van der Waals surface area contributed by atoms with E-state index in [0.717, 1.165) is 0 Å². The quantitative estimate of drug-likeness (QED) is 0.544. The first-order valence-corrected chi connectivity index (χ1v) is 4.72. The second kappa shape index (κ2) is 2.21. The van der Waals surface area contributed by atoms with E-state index in [1.54, 1.807) is 6.92 Å². The number of carbonyl (C=O) groups is 1. The van der Waals surface area contributed by atoms with Crippen molar-refractivity contribution in [2.45, 2.75) is 27.2 Å². The zero-order chi connectivity index (χ0) is 8.93. The smallest absolute Gasteiger partial charge is 0.134 e. The Kier molecular flexibility index (Phi) is 1.48. The van der Waals surface area contributed by atoms with Crippen LogP contribution < -0.4 is 0 Å². The third-order valence-corrected chi connectivity index (χ3v) is 3.74. The van der Waals surface area contributed by atoms with Gasteiger partial charge in [0, 0.05) is 5.92 Å². The van der Waals surface area contributed by atoms with Crippen LogP contribution in [-0.2, 0) is 4.79 Å². The van der Waals surface area contributed by atoms with E-state index in [1.165, 1.54) is 6.42 Å². The minimum atomic E-state index is 0.214. The maximum atomic E-state index is 11.4. The van der Waals surface area contributed by atoms with Gasteiger partial charge in [-0.05, 0) is 30.6 Å².